The predicted octanol–water partition coefficient (Wildman–Crippen LogP) is 1.60. The molecule has 0 aliphatic carbocycles. The van der Waals surface area contributed by atoms with E-state index in [0.29, 0.717) is 18.7 Å². The Labute approximate surface area is 120 Å². The maximum Gasteiger partial charge on any atom is 0.244 e. The first-order valence-corrected chi connectivity index (χ1v) is 8.29. The normalized spacial score (nSPS) is 17.1. The lowest BCUT2D eigenvalue weighted by Gasteiger charge is -2.20. The summed E-state index contributed by atoms with van der Waals surface area (Å²) in [6.45, 7) is 0.867. The Hall–Kier alpha value is -1.35. The van der Waals surface area contributed by atoms with Crippen molar-refractivity contribution in [2.75, 3.05) is 19.7 Å². The van der Waals surface area contributed by atoms with Crippen LogP contribution < -0.4 is 0 Å². The first kappa shape index (κ1) is 15.0. The molecule has 1 aromatic carbocycles. The standard InChI is InChI=1S/C15H19NO3S/c17-13-7-9-14-8-3-4-10-15(14)20(18,19)16-11-5-1-2-6-12-16/h3-4,8,10,17H,1-2,5-6,11-13H2. The van der Waals surface area contributed by atoms with Gasteiger partial charge < -0.3 is 5.11 Å². The van der Waals surface area contributed by atoms with E-state index in [2.05, 4.69) is 11.8 Å². The minimum absolute atomic E-state index is 0.239. The van der Waals surface area contributed by atoms with E-state index in [4.69, 9.17) is 5.11 Å². The molecule has 1 aromatic rings. The van der Waals surface area contributed by atoms with Crippen molar-refractivity contribution in [3.05, 3.63) is 29.8 Å². The molecule has 108 valence electrons. The highest BCUT2D eigenvalue weighted by Crippen LogP contribution is 2.22. The fourth-order valence-corrected chi connectivity index (χ4v) is 4.02. The van der Waals surface area contributed by atoms with E-state index in [1.165, 1.54) is 0 Å². The lowest BCUT2D eigenvalue weighted by molar-refractivity contribution is 0.350. The van der Waals surface area contributed by atoms with E-state index in [9.17, 15) is 8.42 Å². The van der Waals surface area contributed by atoms with Crippen LogP contribution in [0, 0.1) is 11.8 Å². The monoisotopic (exact) mass is 293 g/mol. The molecule has 4 nitrogen and oxygen atoms in total. The van der Waals surface area contributed by atoms with Gasteiger partial charge in [0.1, 0.15) is 6.61 Å². The number of hydrogen-bond donors (Lipinski definition) is 1. The zero-order chi connectivity index (χ0) is 14.4. The van der Waals surface area contributed by atoms with Crippen molar-refractivity contribution in [1.82, 2.24) is 4.31 Å². The fourth-order valence-electron chi connectivity index (χ4n) is 2.35. The highest BCUT2D eigenvalue weighted by molar-refractivity contribution is 7.89. The van der Waals surface area contributed by atoms with Gasteiger partial charge in [-0.3, -0.25) is 0 Å². The molecule has 0 spiro atoms. The molecule has 1 saturated heterocycles. The third kappa shape index (κ3) is 3.40. The molecule has 1 fully saturated rings. The molecule has 0 saturated carbocycles. The molecule has 20 heavy (non-hydrogen) atoms. The minimum atomic E-state index is -3.50. The predicted molar refractivity (Wildman–Crippen MR) is 77.6 cm³/mol. The van der Waals surface area contributed by atoms with Gasteiger partial charge in [0.2, 0.25) is 10.0 Å². The Kier molecular flexibility index (Phi) is 5.18. The largest absolute Gasteiger partial charge is 0.384 e. The molecule has 0 unspecified atom stereocenters. The van der Waals surface area contributed by atoms with Gasteiger partial charge in [-0.05, 0) is 25.0 Å². The second-order valence-corrected chi connectivity index (χ2v) is 6.68. The number of rotatable bonds is 2. The molecule has 5 heteroatoms. The van der Waals surface area contributed by atoms with Crippen molar-refractivity contribution in [2.24, 2.45) is 0 Å². The molecule has 0 bridgehead atoms. The van der Waals surface area contributed by atoms with Crippen LogP contribution in [-0.2, 0) is 10.0 Å². The van der Waals surface area contributed by atoms with Gasteiger partial charge in [0.15, 0.2) is 0 Å². The summed E-state index contributed by atoms with van der Waals surface area (Å²) in [4.78, 5) is 0.239. The number of aliphatic hydroxyl groups excluding tert-OH is 1. The minimum Gasteiger partial charge on any atom is -0.384 e. The lowest BCUT2D eigenvalue weighted by atomic mass is 10.2. The summed E-state index contributed by atoms with van der Waals surface area (Å²) in [6, 6.07) is 6.71. The molecule has 1 aliphatic rings. The summed E-state index contributed by atoms with van der Waals surface area (Å²) in [7, 11) is -3.50. The molecular formula is C15H19NO3S. The topological polar surface area (TPSA) is 57.6 Å². The Morgan fingerprint density at radius 1 is 1.10 bits per heavy atom. The molecule has 0 atom stereocenters. The average molecular weight is 293 g/mol. The Balaban J connectivity index is 2.38. The van der Waals surface area contributed by atoms with E-state index in [-0.39, 0.29) is 11.5 Å². The van der Waals surface area contributed by atoms with Gasteiger partial charge in [-0.25, -0.2) is 8.42 Å². The van der Waals surface area contributed by atoms with Gasteiger partial charge in [0.25, 0.3) is 0 Å². The highest BCUT2D eigenvalue weighted by atomic mass is 32.2. The van der Waals surface area contributed by atoms with E-state index in [1.807, 2.05) is 0 Å². The molecule has 0 amide bonds. The van der Waals surface area contributed by atoms with Crippen molar-refractivity contribution < 1.29 is 13.5 Å². The van der Waals surface area contributed by atoms with Crippen molar-refractivity contribution in [1.29, 1.82) is 0 Å². The van der Waals surface area contributed by atoms with Crippen LogP contribution in [-0.4, -0.2) is 37.5 Å². The Bertz CT molecular complexity index is 605. The van der Waals surface area contributed by atoms with Gasteiger partial charge in [-0.15, -0.1) is 0 Å². The molecule has 2 rings (SSSR count). The number of nitrogens with zero attached hydrogens (tertiary/aromatic N) is 1. The molecule has 0 aromatic heterocycles. The average Bonchev–Trinajstić information content (AvgIpc) is 2.75. The zero-order valence-corrected chi connectivity index (χ0v) is 12.2. The summed E-state index contributed by atoms with van der Waals surface area (Å²) >= 11 is 0. The van der Waals surface area contributed by atoms with Crippen LogP contribution in [0.1, 0.15) is 31.2 Å². The lowest BCUT2D eigenvalue weighted by Crippen LogP contribution is -2.32. The van der Waals surface area contributed by atoms with Crippen molar-refractivity contribution in [3.63, 3.8) is 0 Å². The van der Waals surface area contributed by atoms with Crippen LogP contribution in [0.15, 0.2) is 29.2 Å². The first-order chi connectivity index (χ1) is 9.66. The van der Waals surface area contributed by atoms with Gasteiger partial charge in [-0.2, -0.15) is 4.31 Å². The third-order valence-corrected chi connectivity index (χ3v) is 5.33. The third-order valence-electron chi connectivity index (χ3n) is 3.37. The Morgan fingerprint density at radius 2 is 1.75 bits per heavy atom. The first-order valence-electron chi connectivity index (χ1n) is 6.85. The molecule has 1 aliphatic heterocycles. The molecule has 0 radical (unpaired) electrons. The van der Waals surface area contributed by atoms with E-state index >= 15 is 0 Å². The summed E-state index contributed by atoms with van der Waals surface area (Å²) < 4.78 is 27.0. The van der Waals surface area contributed by atoms with E-state index < -0.39 is 10.0 Å². The summed E-state index contributed by atoms with van der Waals surface area (Å²) in [5.41, 5.74) is 0.450. The highest BCUT2D eigenvalue weighted by Gasteiger charge is 2.26. The van der Waals surface area contributed by atoms with E-state index in [1.54, 1.807) is 28.6 Å². The van der Waals surface area contributed by atoms with Gasteiger partial charge in [0, 0.05) is 18.7 Å². The maximum absolute atomic E-state index is 12.7. The molecular weight excluding hydrogens is 274 g/mol. The summed E-state index contributed by atoms with van der Waals surface area (Å²) in [5.74, 6) is 5.23. The van der Waals surface area contributed by atoms with Crippen LogP contribution in [0.5, 0.6) is 0 Å². The van der Waals surface area contributed by atoms with Gasteiger partial charge >= 0.3 is 0 Å². The Morgan fingerprint density at radius 3 is 2.40 bits per heavy atom. The van der Waals surface area contributed by atoms with Crippen LogP contribution in [0.25, 0.3) is 0 Å². The quantitative estimate of drug-likeness (QED) is 0.843. The molecule has 1 heterocycles. The zero-order valence-electron chi connectivity index (χ0n) is 11.4. The fraction of sp³-hybridized carbons (Fsp3) is 0.467. The summed E-state index contributed by atoms with van der Waals surface area (Å²) in [5, 5.41) is 8.77. The molecule has 1 N–H and O–H groups in total. The van der Waals surface area contributed by atoms with Crippen molar-refractivity contribution in [3.8, 4) is 11.8 Å². The SMILES string of the molecule is O=S(=O)(c1ccccc1C#CCO)N1CCCCCC1. The maximum atomic E-state index is 12.7. The van der Waals surface area contributed by atoms with Crippen LogP contribution in [0.2, 0.25) is 0 Å². The van der Waals surface area contributed by atoms with E-state index in [0.717, 1.165) is 25.7 Å². The van der Waals surface area contributed by atoms with Crippen LogP contribution >= 0.6 is 0 Å². The van der Waals surface area contributed by atoms with Crippen LogP contribution in [0.4, 0.5) is 0 Å². The number of hydrogen-bond acceptors (Lipinski definition) is 3. The van der Waals surface area contributed by atoms with Gasteiger partial charge in [-0.1, -0.05) is 36.8 Å². The number of benzene rings is 1. The van der Waals surface area contributed by atoms with Gasteiger partial charge in [0.05, 0.1) is 4.90 Å². The smallest absolute Gasteiger partial charge is 0.244 e. The summed E-state index contributed by atoms with van der Waals surface area (Å²) in [6.07, 6.45) is 3.98. The number of sulfonamides is 1. The van der Waals surface area contributed by atoms with Crippen molar-refractivity contribution >= 4 is 10.0 Å². The second kappa shape index (κ2) is 6.89. The second-order valence-electron chi connectivity index (χ2n) is 4.77. The van der Waals surface area contributed by atoms with Crippen molar-refractivity contribution in [2.45, 2.75) is 30.6 Å². The number of aliphatic hydroxyl groups is 1. The van der Waals surface area contributed by atoms with Crippen LogP contribution in [0.3, 0.4) is 0 Å².